The van der Waals surface area contributed by atoms with E-state index in [2.05, 4.69) is 0 Å². The van der Waals surface area contributed by atoms with E-state index in [1.54, 1.807) is 0 Å². The summed E-state index contributed by atoms with van der Waals surface area (Å²) >= 11 is 0. The van der Waals surface area contributed by atoms with Crippen LogP contribution in [-0.2, 0) is 14.3 Å². The second-order valence-electron chi connectivity index (χ2n) is 3.76. The first-order chi connectivity index (χ1) is 5.70. The predicted octanol–water partition coefficient (Wildman–Crippen LogP) is 1.26. The molecule has 2 fully saturated rings. The zero-order valence-corrected chi connectivity index (χ0v) is 7.34. The molecule has 1 atom stereocenters. The van der Waals surface area contributed by atoms with Gasteiger partial charge in [0.1, 0.15) is 6.10 Å². The minimum atomic E-state index is -0.169. The number of ether oxygens (including phenoxy) is 2. The first kappa shape index (κ1) is 8.05. The number of esters is 1. The minimum Gasteiger partial charge on any atom is -0.462 e. The van der Waals surface area contributed by atoms with Gasteiger partial charge >= 0.3 is 5.97 Å². The number of carbonyl (C=O) groups excluding carboxylic acids is 1. The summed E-state index contributed by atoms with van der Waals surface area (Å²) in [4.78, 5) is 10.7. The van der Waals surface area contributed by atoms with Gasteiger partial charge in [0.15, 0.2) is 0 Å². The van der Waals surface area contributed by atoms with Crippen molar-refractivity contribution in [3.8, 4) is 0 Å². The molecule has 2 rings (SSSR count). The molecule has 1 aliphatic heterocycles. The van der Waals surface area contributed by atoms with Gasteiger partial charge in [-0.3, -0.25) is 4.79 Å². The summed E-state index contributed by atoms with van der Waals surface area (Å²) in [5, 5.41) is 0. The van der Waals surface area contributed by atoms with E-state index in [-0.39, 0.29) is 17.7 Å². The van der Waals surface area contributed by atoms with Gasteiger partial charge in [-0.1, -0.05) is 0 Å². The van der Waals surface area contributed by atoms with Crippen molar-refractivity contribution in [2.45, 2.75) is 44.3 Å². The standard InChI is InChI=1S/C9H14O3/c1-7(10)12-8-2-5-11-9(6-8)3-4-9/h8H,2-6H2,1H3. The third-order valence-electron chi connectivity index (χ3n) is 2.59. The van der Waals surface area contributed by atoms with Crippen LogP contribution in [0.1, 0.15) is 32.6 Å². The monoisotopic (exact) mass is 170 g/mol. The molecule has 1 unspecified atom stereocenters. The summed E-state index contributed by atoms with van der Waals surface area (Å²) in [5.74, 6) is -0.169. The van der Waals surface area contributed by atoms with Crippen LogP contribution in [-0.4, -0.2) is 24.3 Å². The van der Waals surface area contributed by atoms with Gasteiger partial charge in [0.2, 0.25) is 0 Å². The van der Waals surface area contributed by atoms with E-state index in [0.29, 0.717) is 0 Å². The Morgan fingerprint density at radius 3 is 2.92 bits per heavy atom. The topological polar surface area (TPSA) is 35.5 Å². The molecule has 1 heterocycles. The molecule has 0 radical (unpaired) electrons. The van der Waals surface area contributed by atoms with E-state index in [4.69, 9.17) is 9.47 Å². The van der Waals surface area contributed by atoms with Gasteiger partial charge in [-0.15, -0.1) is 0 Å². The molecule has 12 heavy (non-hydrogen) atoms. The maximum absolute atomic E-state index is 10.7. The highest BCUT2D eigenvalue weighted by Gasteiger charge is 2.48. The fraction of sp³-hybridized carbons (Fsp3) is 0.889. The van der Waals surface area contributed by atoms with Crippen molar-refractivity contribution in [1.29, 1.82) is 0 Å². The minimum absolute atomic E-state index is 0.109. The van der Waals surface area contributed by atoms with Crippen LogP contribution in [0.4, 0.5) is 0 Å². The summed E-state index contributed by atoms with van der Waals surface area (Å²) < 4.78 is 10.7. The first-order valence-corrected chi connectivity index (χ1v) is 4.51. The molecule has 68 valence electrons. The smallest absolute Gasteiger partial charge is 0.302 e. The SMILES string of the molecule is CC(=O)OC1CCOC2(CC2)C1. The van der Waals surface area contributed by atoms with Crippen molar-refractivity contribution in [3.63, 3.8) is 0 Å². The third-order valence-corrected chi connectivity index (χ3v) is 2.59. The average molecular weight is 170 g/mol. The van der Waals surface area contributed by atoms with Crippen LogP contribution in [0.15, 0.2) is 0 Å². The quantitative estimate of drug-likeness (QED) is 0.556. The van der Waals surface area contributed by atoms with Crippen LogP contribution in [0.25, 0.3) is 0 Å². The Kier molecular flexibility index (Phi) is 1.83. The maximum Gasteiger partial charge on any atom is 0.302 e. The normalized spacial score (nSPS) is 31.6. The highest BCUT2D eigenvalue weighted by Crippen LogP contribution is 2.46. The highest BCUT2D eigenvalue weighted by atomic mass is 16.6. The molecule has 1 aliphatic carbocycles. The van der Waals surface area contributed by atoms with Crippen LogP contribution in [0.2, 0.25) is 0 Å². The number of hydrogen-bond donors (Lipinski definition) is 0. The molecule has 0 N–H and O–H groups in total. The van der Waals surface area contributed by atoms with Gasteiger partial charge in [0, 0.05) is 19.8 Å². The van der Waals surface area contributed by atoms with Crippen molar-refractivity contribution in [2.75, 3.05) is 6.61 Å². The summed E-state index contributed by atoms with van der Waals surface area (Å²) in [7, 11) is 0. The fourth-order valence-corrected chi connectivity index (χ4v) is 1.81. The molecule has 3 heteroatoms. The highest BCUT2D eigenvalue weighted by molar-refractivity contribution is 5.66. The summed E-state index contributed by atoms with van der Waals surface area (Å²) in [6, 6.07) is 0. The van der Waals surface area contributed by atoms with Crippen LogP contribution in [0.3, 0.4) is 0 Å². The van der Waals surface area contributed by atoms with E-state index in [1.165, 1.54) is 6.92 Å². The average Bonchev–Trinajstić information content (AvgIpc) is 2.68. The van der Waals surface area contributed by atoms with Gasteiger partial charge in [0.05, 0.1) is 12.2 Å². The second kappa shape index (κ2) is 2.73. The van der Waals surface area contributed by atoms with E-state index < -0.39 is 0 Å². The van der Waals surface area contributed by atoms with Gasteiger partial charge in [-0.25, -0.2) is 0 Å². The van der Waals surface area contributed by atoms with Crippen molar-refractivity contribution >= 4 is 5.97 Å². The molecule has 0 amide bonds. The lowest BCUT2D eigenvalue weighted by atomic mass is 10.0. The van der Waals surface area contributed by atoms with Gasteiger partial charge in [-0.05, 0) is 12.8 Å². The molecular weight excluding hydrogens is 156 g/mol. The van der Waals surface area contributed by atoms with E-state index in [0.717, 1.165) is 32.3 Å². The summed E-state index contributed by atoms with van der Waals surface area (Å²) in [6.07, 6.45) is 4.17. The van der Waals surface area contributed by atoms with Gasteiger partial charge in [0.25, 0.3) is 0 Å². The molecule has 1 saturated heterocycles. The predicted molar refractivity (Wildman–Crippen MR) is 42.7 cm³/mol. The summed E-state index contributed by atoms with van der Waals surface area (Å²) in [6.45, 7) is 2.22. The number of carbonyl (C=O) groups is 1. The first-order valence-electron chi connectivity index (χ1n) is 4.51. The molecule has 0 bridgehead atoms. The maximum atomic E-state index is 10.7. The van der Waals surface area contributed by atoms with Crippen molar-refractivity contribution in [2.24, 2.45) is 0 Å². The number of rotatable bonds is 1. The molecule has 2 aliphatic rings. The Morgan fingerprint density at radius 1 is 1.58 bits per heavy atom. The molecule has 3 nitrogen and oxygen atoms in total. The molecule has 0 aromatic heterocycles. The Labute approximate surface area is 72.0 Å². The lowest BCUT2D eigenvalue weighted by molar-refractivity contribution is -0.154. The van der Waals surface area contributed by atoms with Crippen LogP contribution >= 0.6 is 0 Å². The van der Waals surface area contributed by atoms with E-state index >= 15 is 0 Å². The van der Waals surface area contributed by atoms with Gasteiger partial charge < -0.3 is 9.47 Å². The van der Waals surface area contributed by atoms with Crippen LogP contribution < -0.4 is 0 Å². The Bertz CT molecular complexity index is 196. The number of hydrogen-bond acceptors (Lipinski definition) is 3. The zero-order valence-electron chi connectivity index (χ0n) is 7.34. The molecule has 0 aromatic carbocycles. The molecule has 1 spiro atoms. The van der Waals surface area contributed by atoms with E-state index in [9.17, 15) is 4.79 Å². The molecule has 0 aromatic rings. The van der Waals surface area contributed by atoms with Crippen LogP contribution in [0, 0.1) is 0 Å². The van der Waals surface area contributed by atoms with Crippen LogP contribution in [0.5, 0.6) is 0 Å². The van der Waals surface area contributed by atoms with Crippen molar-refractivity contribution in [3.05, 3.63) is 0 Å². The Hall–Kier alpha value is -0.570. The van der Waals surface area contributed by atoms with Crippen molar-refractivity contribution < 1.29 is 14.3 Å². The molecule has 1 saturated carbocycles. The lowest BCUT2D eigenvalue weighted by Crippen LogP contribution is -2.33. The molecular formula is C9H14O3. The van der Waals surface area contributed by atoms with E-state index in [1.807, 2.05) is 0 Å². The second-order valence-corrected chi connectivity index (χ2v) is 3.76. The van der Waals surface area contributed by atoms with Crippen molar-refractivity contribution in [1.82, 2.24) is 0 Å². The summed E-state index contributed by atoms with van der Waals surface area (Å²) in [5.41, 5.74) is 0.109. The zero-order chi connectivity index (χ0) is 8.60. The Balaban J connectivity index is 1.86. The lowest BCUT2D eigenvalue weighted by Gasteiger charge is -2.28. The van der Waals surface area contributed by atoms with Gasteiger partial charge in [-0.2, -0.15) is 0 Å². The third kappa shape index (κ3) is 1.61. The largest absolute Gasteiger partial charge is 0.462 e. The fourth-order valence-electron chi connectivity index (χ4n) is 1.81. The Morgan fingerprint density at radius 2 is 2.33 bits per heavy atom.